The zero-order valence-corrected chi connectivity index (χ0v) is 11.1. The number of fused-ring (bicyclic) bond motifs is 1. The van der Waals surface area contributed by atoms with E-state index in [0.717, 1.165) is 13.0 Å². The Morgan fingerprint density at radius 3 is 2.39 bits per heavy atom. The van der Waals surface area contributed by atoms with E-state index in [9.17, 15) is 0 Å². The molecule has 18 heavy (non-hydrogen) atoms. The van der Waals surface area contributed by atoms with Gasteiger partial charge in [-0.2, -0.15) is 0 Å². The molecule has 1 aliphatic carbocycles. The Morgan fingerprint density at radius 2 is 1.78 bits per heavy atom. The van der Waals surface area contributed by atoms with Crippen LogP contribution in [0.1, 0.15) is 36.8 Å². The second-order valence-corrected chi connectivity index (χ2v) is 5.65. The molecule has 1 heteroatoms. The first-order valence-electron chi connectivity index (χ1n) is 6.96. The highest BCUT2D eigenvalue weighted by Gasteiger charge is 2.38. The Bertz CT molecular complexity index is 567. The van der Waals surface area contributed by atoms with Gasteiger partial charge in [0.25, 0.3) is 0 Å². The molecule has 2 N–H and O–H groups in total. The van der Waals surface area contributed by atoms with Crippen molar-refractivity contribution in [2.45, 2.75) is 38.0 Å². The zero-order valence-electron chi connectivity index (χ0n) is 11.1. The first kappa shape index (κ1) is 11.7. The number of aryl methyl sites for hydroxylation is 1. The number of hydrogen-bond donors (Lipinski definition) is 1. The molecule has 0 heterocycles. The van der Waals surface area contributed by atoms with Crippen LogP contribution in [0, 0.1) is 6.92 Å². The quantitative estimate of drug-likeness (QED) is 0.863. The highest BCUT2D eigenvalue weighted by molar-refractivity contribution is 5.89. The van der Waals surface area contributed by atoms with Gasteiger partial charge in [0.05, 0.1) is 0 Å². The number of hydrogen-bond acceptors (Lipinski definition) is 1. The molecule has 0 atom stereocenters. The van der Waals surface area contributed by atoms with E-state index in [0.29, 0.717) is 5.41 Å². The van der Waals surface area contributed by atoms with Crippen molar-refractivity contribution in [2.75, 3.05) is 6.54 Å². The predicted molar refractivity (Wildman–Crippen MR) is 77.9 cm³/mol. The van der Waals surface area contributed by atoms with Crippen LogP contribution in [-0.2, 0) is 5.41 Å². The molecule has 2 aromatic rings. The van der Waals surface area contributed by atoms with Crippen LogP contribution in [0.5, 0.6) is 0 Å². The lowest BCUT2D eigenvalue weighted by molar-refractivity contribution is 0.231. The molecule has 0 bridgehead atoms. The van der Waals surface area contributed by atoms with Crippen LogP contribution in [0.25, 0.3) is 10.8 Å². The molecule has 0 spiro atoms. The van der Waals surface area contributed by atoms with E-state index in [1.807, 2.05) is 0 Å². The third kappa shape index (κ3) is 1.65. The van der Waals surface area contributed by atoms with Gasteiger partial charge < -0.3 is 5.73 Å². The Hall–Kier alpha value is -1.34. The van der Waals surface area contributed by atoms with Crippen LogP contribution >= 0.6 is 0 Å². The summed E-state index contributed by atoms with van der Waals surface area (Å²) in [4.78, 5) is 0. The molecule has 1 fully saturated rings. The van der Waals surface area contributed by atoms with Gasteiger partial charge in [0, 0.05) is 0 Å². The smallest absolute Gasteiger partial charge is 0.00288 e. The van der Waals surface area contributed by atoms with Crippen molar-refractivity contribution in [3.8, 4) is 0 Å². The fourth-order valence-electron chi connectivity index (χ4n) is 3.45. The van der Waals surface area contributed by atoms with E-state index in [1.165, 1.54) is 41.2 Å². The first-order chi connectivity index (χ1) is 8.77. The molecule has 3 rings (SSSR count). The first-order valence-corrected chi connectivity index (χ1v) is 6.96. The molecule has 2 aromatic carbocycles. The van der Waals surface area contributed by atoms with Crippen molar-refractivity contribution in [1.29, 1.82) is 0 Å². The molecule has 1 aliphatic rings. The van der Waals surface area contributed by atoms with Gasteiger partial charge in [0.15, 0.2) is 0 Å². The number of rotatable bonds is 3. The summed E-state index contributed by atoms with van der Waals surface area (Å²) in [5.41, 5.74) is 9.10. The topological polar surface area (TPSA) is 26.0 Å². The number of nitrogens with two attached hydrogens (primary N) is 1. The predicted octanol–water partition coefficient (Wildman–Crippen LogP) is 3.92. The third-order valence-electron chi connectivity index (χ3n) is 4.65. The lowest BCUT2D eigenvalue weighted by Crippen LogP contribution is -2.36. The Kier molecular flexibility index (Phi) is 2.87. The van der Waals surface area contributed by atoms with Crippen LogP contribution in [0.3, 0.4) is 0 Å². The fourth-order valence-corrected chi connectivity index (χ4v) is 3.45. The average molecular weight is 239 g/mol. The van der Waals surface area contributed by atoms with Gasteiger partial charge >= 0.3 is 0 Å². The normalized spacial score (nSPS) is 17.7. The SMILES string of the molecule is Cc1ccc(C2(CCN)CCC2)c2ccccc12. The molecular formula is C17H21N. The third-order valence-corrected chi connectivity index (χ3v) is 4.65. The summed E-state index contributed by atoms with van der Waals surface area (Å²) in [6, 6.07) is 13.4. The molecule has 94 valence electrons. The Morgan fingerprint density at radius 1 is 1.06 bits per heavy atom. The van der Waals surface area contributed by atoms with Gasteiger partial charge in [-0.15, -0.1) is 0 Å². The van der Waals surface area contributed by atoms with E-state index in [2.05, 4.69) is 43.3 Å². The summed E-state index contributed by atoms with van der Waals surface area (Å²) in [5.74, 6) is 0. The molecular weight excluding hydrogens is 218 g/mol. The van der Waals surface area contributed by atoms with E-state index in [1.54, 1.807) is 0 Å². The standard InChI is InChI=1S/C17H21N/c1-13-7-8-16(15-6-3-2-5-14(13)15)17(11-12-18)9-4-10-17/h2-3,5-8H,4,9-12,18H2,1H3. The van der Waals surface area contributed by atoms with Crippen molar-refractivity contribution in [1.82, 2.24) is 0 Å². The molecule has 0 radical (unpaired) electrons. The lowest BCUT2D eigenvalue weighted by Gasteiger charge is -2.43. The molecule has 0 aromatic heterocycles. The summed E-state index contributed by atoms with van der Waals surface area (Å²) in [5, 5.41) is 2.84. The van der Waals surface area contributed by atoms with E-state index in [-0.39, 0.29) is 0 Å². The van der Waals surface area contributed by atoms with E-state index < -0.39 is 0 Å². The van der Waals surface area contributed by atoms with E-state index in [4.69, 9.17) is 5.73 Å². The highest BCUT2D eigenvalue weighted by atomic mass is 14.6. The summed E-state index contributed by atoms with van der Waals surface area (Å²) in [7, 11) is 0. The molecule has 1 saturated carbocycles. The maximum atomic E-state index is 5.84. The molecule has 0 amide bonds. The average Bonchev–Trinajstić information content (AvgIpc) is 2.35. The lowest BCUT2D eigenvalue weighted by atomic mass is 9.61. The van der Waals surface area contributed by atoms with Gasteiger partial charge in [-0.25, -0.2) is 0 Å². The van der Waals surface area contributed by atoms with Crippen LogP contribution < -0.4 is 5.73 Å². The fraction of sp³-hybridized carbons (Fsp3) is 0.412. The minimum absolute atomic E-state index is 0.363. The Labute approximate surface area is 109 Å². The maximum Gasteiger partial charge on any atom is -0.00288 e. The summed E-state index contributed by atoms with van der Waals surface area (Å²) < 4.78 is 0. The number of benzene rings is 2. The maximum absolute atomic E-state index is 5.84. The molecule has 0 saturated heterocycles. The highest BCUT2D eigenvalue weighted by Crippen LogP contribution is 2.48. The molecule has 0 unspecified atom stereocenters. The van der Waals surface area contributed by atoms with E-state index >= 15 is 0 Å². The van der Waals surface area contributed by atoms with Crippen LogP contribution in [0.15, 0.2) is 36.4 Å². The van der Waals surface area contributed by atoms with Crippen molar-refractivity contribution in [3.63, 3.8) is 0 Å². The zero-order chi connectivity index (χ0) is 12.6. The molecule has 0 aliphatic heterocycles. The summed E-state index contributed by atoms with van der Waals surface area (Å²) >= 11 is 0. The molecule has 1 nitrogen and oxygen atoms in total. The second-order valence-electron chi connectivity index (χ2n) is 5.65. The van der Waals surface area contributed by atoms with Gasteiger partial charge in [0.1, 0.15) is 0 Å². The van der Waals surface area contributed by atoms with Crippen LogP contribution in [0.2, 0.25) is 0 Å². The second kappa shape index (κ2) is 4.40. The van der Waals surface area contributed by atoms with Crippen molar-refractivity contribution < 1.29 is 0 Å². The van der Waals surface area contributed by atoms with Gasteiger partial charge in [0.2, 0.25) is 0 Å². The van der Waals surface area contributed by atoms with Crippen LogP contribution in [0.4, 0.5) is 0 Å². The monoisotopic (exact) mass is 239 g/mol. The van der Waals surface area contributed by atoms with Gasteiger partial charge in [-0.05, 0) is 60.0 Å². The van der Waals surface area contributed by atoms with Crippen LogP contribution in [-0.4, -0.2) is 6.54 Å². The van der Waals surface area contributed by atoms with Gasteiger partial charge in [-0.1, -0.05) is 42.8 Å². The minimum atomic E-state index is 0.363. The van der Waals surface area contributed by atoms with Gasteiger partial charge in [-0.3, -0.25) is 0 Å². The largest absolute Gasteiger partial charge is 0.330 e. The van der Waals surface area contributed by atoms with Crippen molar-refractivity contribution in [2.24, 2.45) is 5.73 Å². The van der Waals surface area contributed by atoms with Crippen molar-refractivity contribution >= 4 is 10.8 Å². The minimum Gasteiger partial charge on any atom is -0.330 e. The summed E-state index contributed by atoms with van der Waals surface area (Å²) in [6.07, 6.45) is 5.08. The Balaban J connectivity index is 2.20. The summed E-state index contributed by atoms with van der Waals surface area (Å²) in [6.45, 7) is 2.99. The van der Waals surface area contributed by atoms with Crippen molar-refractivity contribution in [3.05, 3.63) is 47.5 Å².